The zero-order chi connectivity index (χ0) is 15.6. The molecule has 3 atom stereocenters. The van der Waals surface area contributed by atoms with Crippen LogP contribution in [0.4, 0.5) is 0 Å². The van der Waals surface area contributed by atoms with E-state index >= 15 is 0 Å². The summed E-state index contributed by atoms with van der Waals surface area (Å²) < 4.78 is 29.0. The Morgan fingerprint density at radius 1 is 1.30 bits per heavy atom. The quantitative estimate of drug-likeness (QED) is 0.783. The van der Waals surface area contributed by atoms with Crippen molar-refractivity contribution in [2.24, 2.45) is 17.3 Å². The fourth-order valence-corrected chi connectivity index (χ4v) is 4.71. The van der Waals surface area contributed by atoms with Crippen LogP contribution in [0.25, 0.3) is 0 Å². The number of nitrogens with zero attached hydrogens (tertiary/aromatic N) is 1. The van der Waals surface area contributed by atoms with Gasteiger partial charge in [0, 0.05) is 19.6 Å². The molecule has 0 aromatic heterocycles. The molecule has 20 heavy (non-hydrogen) atoms. The molecule has 1 rings (SSSR count). The van der Waals surface area contributed by atoms with Crippen LogP contribution in [0, 0.1) is 17.3 Å². The van der Waals surface area contributed by atoms with Crippen LogP contribution < -0.4 is 4.72 Å². The highest BCUT2D eigenvalue weighted by molar-refractivity contribution is 7.87. The first-order valence-electron chi connectivity index (χ1n) is 7.44. The third kappa shape index (κ3) is 5.68. The maximum absolute atomic E-state index is 12.4. The van der Waals surface area contributed by atoms with Gasteiger partial charge in [0.1, 0.15) is 0 Å². The van der Waals surface area contributed by atoms with E-state index in [4.69, 9.17) is 0 Å². The second-order valence-electron chi connectivity index (χ2n) is 7.31. The molecule has 1 aliphatic rings. The first kappa shape index (κ1) is 17.9. The van der Waals surface area contributed by atoms with E-state index in [0.717, 1.165) is 6.42 Å². The molecule has 1 aliphatic heterocycles. The van der Waals surface area contributed by atoms with Gasteiger partial charge in [-0.1, -0.05) is 27.7 Å². The molecule has 0 radical (unpaired) electrons. The largest absolute Gasteiger partial charge is 0.393 e. The van der Waals surface area contributed by atoms with E-state index in [2.05, 4.69) is 18.6 Å². The maximum Gasteiger partial charge on any atom is 0.279 e. The Bertz CT molecular complexity index is 397. The number of nitrogens with one attached hydrogen (secondary N) is 1. The Morgan fingerprint density at radius 2 is 1.80 bits per heavy atom. The fraction of sp³-hybridized carbons (Fsp3) is 1.00. The van der Waals surface area contributed by atoms with Gasteiger partial charge in [-0.3, -0.25) is 0 Å². The van der Waals surface area contributed by atoms with Gasteiger partial charge in [-0.15, -0.1) is 0 Å². The maximum atomic E-state index is 12.4. The van der Waals surface area contributed by atoms with Crippen molar-refractivity contribution in [3.63, 3.8) is 0 Å². The summed E-state index contributed by atoms with van der Waals surface area (Å²) in [6, 6.07) is 0. The van der Waals surface area contributed by atoms with Crippen molar-refractivity contribution in [2.75, 3.05) is 19.6 Å². The molecule has 0 aromatic rings. The smallest absolute Gasteiger partial charge is 0.279 e. The van der Waals surface area contributed by atoms with Gasteiger partial charge in [0.15, 0.2) is 0 Å². The van der Waals surface area contributed by atoms with Crippen molar-refractivity contribution < 1.29 is 13.5 Å². The lowest BCUT2D eigenvalue weighted by molar-refractivity contribution is 0.130. The third-order valence-electron chi connectivity index (χ3n) is 3.76. The van der Waals surface area contributed by atoms with Gasteiger partial charge in [-0.25, -0.2) is 4.72 Å². The van der Waals surface area contributed by atoms with E-state index in [1.54, 1.807) is 11.2 Å². The molecule has 0 saturated carbocycles. The zero-order valence-electron chi connectivity index (χ0n) is 13.4. The third-order valence-corrected chi connectivity index (χ3v) is 5.24. The van der Waals surface area contributed by atoms with Crippen molar-refractivity contribution in [1.82, 2.24) is 9.03 Å². The van der Waals surface area contributed by atoms with E-state index in [0.29, 0.717) is 37.9 Å². The normalized spacial score (nSPS) is 27.5. The SMILES string of the molecule is C[C@H]1C[C@H](C)CN(S(=O)(=O)NCC(C)(C)C[C@H](C)O)C1. The topological polar surface area (TPSA) is 69.6 Å². The number of piperidine rings is 1. The molecule has 6 heteroatoms. The van der Waals surface area contributed by atoms with E-state index in [1.807, 2.05) is 13.8 Å². The van der Waals surface area contributed by atoms with Crippen molar-refractivity contribution >= 4 is 10.2 Å². The van der Waals surface area contributed by atoms with Crippen molar-refractivity contribution in [1.29, 1.82) is 0 Å². The van der Waals surface area contributed by atoms with Crippen LogP contribution in [-0.4, -0.2) is 43.6 Å². The number of aliphatic hydroxyl groups excluding tert-OH is 1. The summed E-state index contributed by atoms with van der Waals surface area (Å²) in [6.07, 6.45) is 1.23. The lowest BCUT2D eigenvalue weighted by atomic mass is 9.87. The number of hydrogen-bond acceptors (Lipinski definition) is 3. The Labute approximate surface area is 123 Å². The zero-order valence-corrected chi connectivity index (χ0v) is 14.2. The minimum atomic E-state index is -3.42. The van der Waals surface area contributed by atoms with Crippen molar-refractivity contribution in [3.05, 3.63) is 0 Å². The first-order chi connectivity index (χ1) is 9.02. The van der Waals surface area contributed by atoms with Gasteiger partial charge in [0.25, 0.3) is 10.2 Å². The molecule has 0 aromatic carbocycles. The van der Waals surface area contributed by atoms with Gasteiger partial charge in [-0.05, 0) is 37.0 Å². The summed E-state index contributed by atoms with van der Waals surface area (Å²) >= 11 is 0. The van der Waals surface area contributed by atoms with Crippen molar-refractivity contribution in [2.45, 2.75) is 53.6 Å². The molecule has 0 spiro atoms. The predicted molar refractivity (Wildman–Crippen MR) is 81.5 cm³/mol. The number of hydrogen-bond donors (Lipinski definition) is 2. The summed E-state index contributed by atoms with van der Waals surface area (Å²) in [5.74, 6) is 0.807. The molecule has 0 unspecified atom stereocenters. The number of rotatable bonds is 6. The molecule has 2 N–H and O–H groups in total. The lowest BCUT2D eigenvalue weighted by Gasteiger charge is -2.35. The molecule has 120 valence electrons. The fourth-order valence-electron chi connectivity index (χ4n) is 3.05. The van der Waals surface area contributed by atoms with Crippen LogP contribution in [0.1, 0.15) is 47.5 Å². The molecular formula is C14H30N2O3S. The molecule has 1 fully saturated rings. The van der Waals surface area contributed by atoms with E-state index < -0.39 is 16.3 Å². The predicted octanol–water partition coefficient (Wildman–Crippen LogP) is 1.60. The molecule has 0 aliphatic carbocycles. The van der Waals surface area contributed by atoms with Crippen LogP contribution in [-0.2, 0) is 10.2 Å². The first-order valence-corrected chi connectivity index (χ1v) is 8.88. The monoisotopic (exact) mass is 306 g/mol. The van der Waals surface area contributed by atoms with Gasteiger partial charge >= 0.3 is 0 Å². The summed E-state index contributed by atoms with van der Waals surface area (Å²) in [6.45, 7) is 11.4. The molecule has 0 bridgehead atoms. The van der Waals surface area contributed by atoms with Gasteiger partial charge in [-0.2, -0.15) is 12.7 Å². The molecule has 1 saturated heterocycles. The minimum absolute atomic E-state index is 0.256. The van der Waals surface area contributed by atoms with Crippen LogP contribution in [0.15, 0.2) is 0 Å². The molecule has 0 amide bonds. The summed E-state index contributed by atoms with van der Waals surface area (Å²) in [5.41, 5.74) is -0.256. The second kappa shape index (κ2) is 6.73. The second-order valence-corrected chi connectivity index (χ2v) is 9.06. The molecule has 5 nitrogen and oxygen atoms in total. The van der Waals surface area contributed by atoms with Crippen LogP contribution in [0.5, 0.6) is 0 Å². The highest BCUT2D eigenvalue weighted by Crippen LogP contribution is 2.24. The Kier molecular flexibility index (Phi) is 6.01. The Morgan fingerprint density at radius 3 is 2.25 bits per heavy atom. The van der Waals surface area contributed by atoms with E-state index in [-0.39, 0.29) is 5.41 Å². The summed E-state index contributed by atoms with van der Waals surface area (Å²) in [5, 5.41) is 9.45. The van der Waals surface area contributed by atoms with Gasteiger partial charge in [0.2, 0.25) is 0 Å². The van der Waals surface area contributed by atoms with Crippen LogP contribution in [0.3, 0.4) is 0 Å². The van der Waals surface area contributed by atoms with E-state index in [9.17, 15) is 13.5 Å². The lowest BCUT2D eigenvalue weighted by Crippen LogP contribution is -2.49. The number of aliphatic hydroxyl groups is 1. The van der Waals surface area contributed by atoms with E-state index in [1.165, 1.54) is 0 Å². The Balaban J connectivity index is 2.61. The standard InChI is InChI=1S/C14H30N2O3S/c1-11-6-12(2)9-16(8-11)20(18,19)15-10-14(4,5)7-13(3)17/h11-13,15,17H,6-10H2,1-5H3/t11-,12-,13-/m0/s1. The highest BCUT2D eigenvalue weighted by Gasteiger charge is 2.31. The van der Waals surface area contributed by atoms with Crippen molar-refractivity contribution in [3.8, 4) is 0 Å². The minimum Gasteiger partial charge on any atom is -0.393 e. The average Bonchev–Trinajstić information content (AvgIpc) is 2.23. The Hall–Kier alpha value is -0.170. The average molecular weight is 306 g/mol. The highest BCUT2D eigenvalue weighted by atomic mass is 32.2. The van der Waals surface area contributed by atoms with Crippen LogP contribution in [0.2, 0.25) is 0 Å². The van der Waals surface area contributed by atoms with Gasteiger partial charge < -0.3 is 5.11 Å². The molecule has 1 heterocycles. The summed E-state index contributed by atoms with van der Waals surface area (Å²) in [4.78, 5) is 0. The summed E-state index contributed by atoms with van der Waals surface area (Å²) in [7, 11) is -3.42. The van der Waals surface area contributed by atoms with Gasteiger partial charge in [0.05, 0.1) is 6.10 Å². The molecular weight excluding hydrogens is 276 g/mol. The van der Waals surface area contributed by atoms with Crippen LogP contribution >= 0.6 is 0 Å².